The fourth-order valence-corrected chi connectivity index (χ4v) is 9.17. The molecule has 0 saturated heterocycles. The zero-order valence-electron chi connectivity index (χ0n) is 26.2. The topological polar surface area (TPSA) is 0 Å². The molecular formula is C39H48. The van der Waals surface area contributed by atoms with Crippen LogP contribution in [0, 0.1) is 30.1 Å². The lowest BCUT2D eigenvalue weighted by molar-refractivity contribution is 0.0543. The first-order valence-corrected chi connectivity index (χ1v) is 14.8. The maximum absolute atomic E-state index is 4.91. The number of hydrogen-bond donors (Lipinski definition) is 0. The van der Waals surface area contributed by atoms with Gasteiger partial charge in [-0.2, -0.15) is 0 Å². The van der Waals surface area contributed by atoms with E-state index in [-0.39, 0.29) is 16.2 Å². The zero-order valence-corrected chi connectivity index (χ0v) is 26.2. The summed E-state index contributed by atoms with van der Waals surface area (Å²) in [6.45, 7) is 37.6. The molecule has 2 aromatic rings. The van der Waals surface area contributed by atoms with Crippen molar-refractivity contribution >= 4 is 5.57 Å². The fraction of sp³-hybridized carbons (Fsp3) is 0.436. The minimum atomic E-state index is -0.126. The molecular weight excluding hydrogens is 468 g/mol. The van der Waals surface area contributed by atoms with E-state index in [4.69, 9.17) is 13.2 Å². The lowest BCUT2D eigenvalue weighted by atomic mass is 9.41. The summed E-state index contributed by atoms with van der Waals surface area (Å²) < 4.78 is 0. The van der Waals surface area contributed by atoms with Crippen molar-refractivity contribution in [3.05, 3.63) is 111 Å². The molecule has 0 aliphatic heterocycles. The van der Waals surface area contributed by atoms with Gasteiger partial charge in [-0.05, 0) is 126 Å². The highest BCUT2D eigenvalue weighted by Gasteiger charge is 2.59. The van der Waals surface area contributed by atoms with E-state index in [1.54, 1.807) is 0 Å². The maximum atomic E-state index is 4.91. The van der Waals surface area contributed by atoms with Gasteiger partial charge < -0.3 is 0 Å². The Kier molecular flexibility index (Phi) is 6.26. The van der Waals surface area contributed by atoms with Gasteiger partial charge in [0.05, 0.1) is 0 Å². The number of rotatable bonds is 3. The molecule has 204 valence electrons. The number of fused-ring (bicyclic) bond motifs is 3. The summed E-state index contributed by atoms with van der Waals surface area (Å²) >= 11 is 0. The molecule has 39 heavy (non-hydrogen) atoms. The van der Waals surface area contributed by atoms with Crippen molar-refractivity contribution in [2.45, 2.75) is 94.4 Å². The summed E-state index contributed by atoms with van der Waals surface area (Å²) in [7, 11) is 0. The Bertz CT molecular complexity index is 1510. The lowest BCUT2D eigenvalue weighted by Gasteiger charge is -2.62. The molecule has 3 aliphatic carbocycles. The normalized spacial score (nSPS) is 28.5. The minimum Gasteiger partial charge on any atom is -0.0955 e. The predicted octanol–water partition coefficient (Wildman–Crippen LogP) is 11.3. The van der Waals surface area contributed by atoms with Crippen LogP contribution in [0.5, 0.6) is 0 Å². The van der Waals surface area contributed by atoms with E-state index in [0.717, 1.165) is 24.8 Å². The number of aryl methyl sites for hydroxylation is 1. The lowest BCUT2D eigenvalue weighted by Crippen LogP contribution is -2.52. The Morgan fingerprint density at radius 3 is 2.10 bits per heavy atom. The van der Waals surface area contributed by atoms with Crippen molar-refractivity contribution in [3.8, 4) is 11.1 Å². The summed E-state index contributed by atoms with van der Waals surface area (Å²) in [5.41, 5.74) is 19.1. The van der Waals surface area contributed by atoms with Crippen LogP contribution in [0.2, 0.25) is 0 Å². The average molecular weight is 517 g/mol. The quantitative estimate of drug-likeness (QED) is 0.380. The Labute approximate surface area is 238 Å². The monoisotopic (exact) mass is 516 g/mol. The molecule has 0 N–H and O–H groups in total. The molecule has 3 atom stereocenters. The first kappa shape index (κ1) is 27.7. The number of hydrogen-bond acceptors (Lipinski definition) is 0. The Hall–Kier alpha value is -2.86. The van der Waals surface area contributed by atoms with Gasteiger partial charge in [-0.15, -0.1) is 0 Å². The van der Waals surface area contributed by atoms with Crippen LogP contribution in [0.15, 0.2) is 83.5 Å². The SMILES string of the molecule is C=C(C)C1=C(C)C[C@@]2(C)C[C@@]3(C)Cc4c(C(C)C)cc(-c5ccc(C)cc5)c(C)c4C(=C)C3=C(C)[C@@]2(C)C1=C. The molecule has 0 fully saturated rings. The molecule has 0 heterocycles. The molecule has 0 bridgehead atoms. The molecule has 0 nitrogen and oxygen atoms in total. The summed E-state index contributed by atoms with van der Waals surface area (Å²) in [5, 5.41) is 0. The third-order valence-corrected chi connectivity index (χ3v) is 11.0. The Morgan fingerprint density at radius 2 is 1.54 bits per heavy atom. The highest BCUT2D eigenvalue weighted by molar-refractivity contribution is 5.90. The fourth-order valence-electron chi connectivity index (χ4n) is 9.17. The van der Waals surface area contributed by atoms with Crippen molar-refractivity contribution in [1.29, 1.82) is 0 Å². The van der Waals surface area contributed by atoms with Gasteiger partial charge in [0, 0.05) is 5.41 Å². The molecule has 0 radical (unpaired) electrons. The van der Waals surface area contributed by atoms with Gasteiger partial charge in [-0.3, -0.25) is 0 Å². The second-order valence-electron chi connectivity index (χ2n) is 14.2. The summed E-state index contributed by atoms with van der Waals surface area (Å²) in [4.78, 5) is 0. The van der Waals surface area contributed by atoms with Crippen LogP contribution in [-0.2, 0) is 6.42 Å². The Morgan fingerprint density at radius 1 is 0.923 bits per heavy atom. The first-order valence-electron chi connectivity index (χ1n) is 14.8. The Balaban J connectivity index is 1.80. The summed E-state index contributed by atoms with van der Waals surface area (Å²) in [5.74, 6) is 0.453. The third kappa shape index (κ3) is 3.70. The van der Waals surface area contributed by atoms with Crippen molar-refractivity contribution < 1.29 is 0 Å². The predicted molar refractivity (Wildman–Crippen MR) is 171 cm³/mol. The van der Waals surface area contributed by atoms with E-state index in [1.807, 2.05) is 0 Å². The van der Waals surface area contributed by atoms with E-state index < -0.39 is 0 Å². The molecule has 0 amide bonds. The highest BCUT2D eigenvalue weighted by Crippen LogP contribution is 2.70. The van der Waals surface area contributed by atoms with E-state index in [0.29, 0.717) is 5.92 Å². The van der Waals surface area contributed by atoms with Gasteiger partial charge in [0.15, 0.2) is 0 Å². The van der Waals surface area contributed by atoms with Crippen LogP contribution in [0.3, 0.4) is 0 Å². The smallest absolute Gasteiger partial charge is 0.0194 e. The van der Waals surface area contributed by atoms with E-state index in [2.05, 4.69) is 106 Å². The van der Waals surface area contributed by atoms with Gasteiger partial charge in [-0.1, -0.05) is 107 Å². The van der Waals surface area contributed by atoms with E-state index in [9.17, 15) is 0 Å². The van der Waals surface area contributed by atoms with E-state index in [1.165, 1.54) is 72.4 Å². The van der Waals surface area contributed by atoms with Crippen molar-refractivity contribution in [2.75, 3.05) is 0 Å². The van der Waals surface area contributed by atoms with E-state index >= 15 is 0 Å². The van der Waals surface area contributed by atoms with Crippen molar-refractivity contribution in [2.24, 2.45) is 16.2 Å². The van der Waals surface area contributed by atoms with Crippen molar-refractivity contribution in [1.82, 2.24) is 0 Å². The number of allylic oxidation sites excluding steroid dienone is 7. The third-order valence-electron chi connectivity index (χ3n) is 11.0. The van der Waals surface area contributed by atoms with Gasteiger partial charge >= 0.3 is 0 Å². The molecule has 0 spiro atoms. The largest absolute Gasteiger partial charge is 0.0955 e. The second-order valence-corrected chi connectivity index (χ2v) is 14.2. The number of benzene rings is 2. The molecule has 3 aliphatic rings. The van der Waals surface area contributed by atoms with Gasteiger partial charge in [0.1, 0.15) is 0 Å². The summed E-state index contributed by atoms with van der Waals surface area (Å²) in [6.07, 6.45) is 3.30. The van der Waals surface area contributed by atoms with Crippen molar-refractivity contribution in [3.63, 3.8) is 0 Å². The van der Waals surface area contributed by atoms with Crippen LogP contribution in [-0.4, -0.2) is 0 Å². The zero-order chi connectivity index (χ0) is 28.8. The maximum Gasteiger partial charge on any atom is 0.0194 e. The van der Waals surface area contributed by atoms with Gasteiger partial charge in [0.25, 0.3) is 0 Å². The summed E-state index contributed by atoms with van der Waals surface area (Å²) in [6, 6.07) is 11.5. The molecule has 5 rings (SSSR count). The first-order chi connectivity index (χ1) is 18.1. The van der Waals surface area contributed by atoms with Gasteiger partial charge in [0.2, 0.25) is 0 Å². The molecule has 0 saturated carbocycles. The molecule has 0 heteroatoms. The van der Waals surface area contributed by atoms with Crippen LogP contribution >= 0.6 is 0 Å². The molecule has 2 aromatic carbocycles. The minimum absolute atomic E-state index is 0.0468. The standard InChI is InChI=1S/C39H48/c1-22(2)31-18-32(30-16-14-24(5)15-17-30)26(7)35-27(8)36-29(10)39(13)28(9)34(23(3)4)25(6)19-38(39,12)21-37(36,11)20-33(31)35/h14-18,22H,3,8-9,19-21H2,1-2,4-7,10-13H3/t37-,38+,39-/m1/s1. The average Bonchev–Trinajstić information content (AvgIpc) is 2.81. The van der Waals surface area contributed by atoms with Crippen LogP contribution in [0.4, 0.5) is 0 Å². The molecule has 0 aromatic heterocycles. The van der Waals surface area contributed by atoms with Gasteiger partial charge in [-0.25, -0.2) is 0 Å². The van der Waals surface area contributed by atoms with Crippen LogP contribution in [0.1, 0.15) is 102 Å². The highest BCUT2D eigenvalue weighted by atomic mass is 14.6. The van der Waals surface area contributed by atoms with Crippen LogP contribution in [0.25, 0.3) is 16.7 Å². The second kappa shape index (κ2) is 8.82. The van der Waals surface area contributed by atoms with Crippen LogP contribution < -0.4 is 0 Å². The molecule has 0 unspecified atom stereocenters.